The predicted octanol–water partition coefficient (Wildman–Crippen LogP) is 2.54. The van der Waals surface area contributed by atoms with E-state index in [-0.39, 0.29) is 6.61 Å². The zero-order chi connectivity index (χ0) is 14.1. The first kappa shape index (κ1) is 15.8. The zero-order valence-corrected chi connectivity index (χ0v) is 10.8. The van der Waals surface area contributed by atoms with E-state index in [1.807, 2.05) is 31.2 Å². The molecule has 1 aromatic carbocycles. The number of benzene rings is 1. The molecule has 19 heavy (non-hydrogen) atoms. The Bertz CT molecular complexity index is 369. The van der Waals surface area contributed by atoms with Crippen LogP contribution >= 0.6 is 0 Å². The van der Waals surface area contributed by atoms with E-state index in [9.17, 15) is 13.2 Å². The zero-order valence-electron chi connectivity index (χ0n) is 10.8. The second kappa shape index (κ2) is 8.01. The maximum Gasteiger partial charge on any atom is 0.411 e. The standard InChI is InChI=1S/C13H18F3NO2/c1-11-3-2-4-12(9-11)19-8-6-17-5-7-18-10-13(14,15)16/h2-4,9,17H,5-8,10H2,1H3. The fraction of sp³-hybridized carbons (Fsp3) is 0.538. The monoisotopic (exact) mass is 277 g/mol. The number of aryl methyl sites for hydroxylation is 1. The van der Waals surface area contributed by atoms with Crippen LogP contribution in [0.15, 0.2) is 24.3 Å². The van der Waals surface area contributed by atoms with Gasteiger partial charge in [-0.25, -0.2) is 0 Å². The molecule has 0 fully saturated rings. The molecule has 0 aliphatic heterocycles. The van der Waals surface area contributed by atoms with E-state index in [1.54, 1.807) is 0 Å². The van der Waals surface area contributed by atoms with Crippen LogP contribution in [-0.4, -0.2) is 39.1 Å². The van der Waals surface area contributed by atoms with E-state index >= 15 is 0 Å². The van der Waals surface area contributed by atoms with Crippen LogP contribution in [0.2, 0.25) is 0 Å². The number of ether oxygens (including phenoxy) is 2. The Morgan fingerprint density at radius 1 is 1.16 bits per heavy atom. The SMILES string of the molecule is Cc1cccc(OCCNCCOCC(F)(F)F)c1. The van der Waals surface area contributed by atoms with Gasteiger partial charge < -0.3 is 14.8 Å². The largest absolute Gasteiger partial charge is 0.492 e. The smallest absolute Gasteiger partial charge is 0.411 e. The first-order valence-corrected chi connectivity index (χ1v) is 6.02. The van der Waals surface area contributed by atoms with E-state index in [0.29, 0.717) is 19.7 Å². The average Bonchev–Trinajstić information content (AvgIpc) is 2.31. The molecule has 0 spiro atoms. The lowest BCUT2D eigenvalue weighted by molar-refractivity contribution is -0.173. The summed E-state index contributed by atoms with van der Waals surface area (Å²) in [5.74, 6) is 0.787. The van der Waals surface area contributed by atoms with Gasteiger partial charge in [0.25, 0.3) is 0 Å². The summed E-state index contributed by atoms with van der Waals surface area (Å²) in [6, 6.07) is 7.66. The Hall–Kier alpha value is -1.27. The first-order chi connectivity index (χ1) is 8.97. The maximum atomic E-state index is 11.7. The van der Waals surface area contributed by atoms with Gasteiger partial charge in [0.15, 0.2) is 0 Å². The molecule has 1 aromatic rings. The van der Waals surface area contributed by atoms with Gasteiger partial charge in [0, 0.05) is 13.1 Å². The fourth-order valence-corrected chi connectivity index (χ4v) is 1.40. The molecule has 1 rings (SSSR count). The minimum absolute atomic E-state index is 0.0317. The van der Waals surface area contributed by atoms with Crippen molar-refractivity contribution < 1.29 is 22.6 Å². The van der Waals surface area contributed by atoms with Crippen molar-refractivity contribution in [1.82, 2.24) is 5.32 Å². The van der Waals surface area contributed by atoms with Crippen molar-refractivity contribution in [1.29, 1.82) is 0 Å². The minimum Gasteiger partial charge on any atom is -0.492 e. The van der Waals surface area contributed by atoms with E-state index < -0.39 is 12.8 Å². The summed E-state index contributed by atoms with van der Waals surface area (Å²) in [5, 5.41) is 2.94. The topological polar surface area (TPSA) is 30.5 Å². The summed E-state index contributed by atoms with van der Waals surface area (Å²) in [6.07, 6.45) is -4.26. The van der Waals surface area contributed by atoms with Gasteiger partial charge >= 0.3 is 6.18 Å². The molecule has 0 aliphatic carbocycles. The molecular formula is C13H18F3NO2. The molecule has 108 valence electrons. The molecule has 6 heteroatoms. The fourth-order valence-electron chi connectivity index (χ4n) is 1.40. The molecule has 0 aromatic heterocycles. The van der Waals surface area contributed by atoms with Gasteiger partial charge in [-0.05, 0) is 24.6 Å². The van der Waals surface area contributed by atoms with Crippen LogP contribution in [0.4, 0.5) is 13.2 Å². The number of rotatable bonds is 8. The highest BCUT2D eigenvalue weighted by Gasteiger charge is 2.27. The molecule has 0 heterocycles. The van der Waals surface area contributed by atoms with Gasteiger partial charge in [-0.3, -0.25) is 0 Å². The van der Waals surface area contributed by atoms with Gasteiger partial charge in [-0.2, -0.15) is 13.2 Å². The van der Waals surface area contributed by atoms with Crippen molar-refractivity contribution in [2.24, 2.45) is 0 Å². The summed E-state index contributed by atoms with van der Waals surface area (Å²) in [5.41, 5.74) is 1.12. The van der Waals surface area contributed by atoms with Crippen molar-refractivity contribution in [2.75, 3.05) is 32.9 Å². The molecule has 0 radical (unpaired) electrons. The van der Waals surface area contributed by atoms with Crippen LogP contribution in [-0.2, 0) is 4.74 Å². The number of nitrogens with one attached hydrogen (secondary N) is 1. The van der Waals surface area contributed by atoms with Gasteiger partial charge in [0.05, 0.1) is 6.61 Å². The molecule has 3 nitrogen and oxygen atoms in total. The number of hydrogen-bond donors (Lipinski definition) is 1. The van der Waals surface area contributed by atoms with Gasteiger partial charge in [0.2, 0.25) is 0 Å². The Morgan fingerprint density at radius 3 is 2.58 bits per heavy atom. The van der Waals surface area contributed by atoms with Gasteiger partial charge in [-0.1, -0.05) is 12.1 Å². The Kier molecular flexibility index (Phi) is 6.66. The molecule has 0 saturated carbocycles. The van der Waals surface area contributed by atoms with Crippen LogP contribution in [0.25, 0.3) is 0 Å². The molecule has 0 atom stereocenters. The van der Waals surface area contributed by atoms with Crippen LogP contribution in [0.5, 0.6) is 5.75 Å². The summed E-state index contributed by atoms with van der Waals surface area (Å²) in [4.78, 5) is 0. The third-order valence-corrected chi connectivity index (χ3v) is 2.23. The molecule has 0 saturated heterocycles. The third-order valence-electron chi connectivity index (χ3n) is 2.23. The number of halogens is 3. The molecular weight excluding hydrogens is 259 g/mol. The highest BCUT2D eigenvalue weighted by molar-refractivity contribution is 5.27. The molecule has 0 unspecified atom stereocenters. The van der Waals surface area contributed by atoms with Crippen molar-refractivity contribution in [3.63, 3.8) is 0 Å². The second-order valence-electron chi connectivity index (χ2n) is 4.08. The van der Waals surface area contributed by atoms with Crippen LogP contribution < -0.4 is 10.1 Å². The minimum atomic E-state index is -4.26. The summed E-state index contributed by atoms with van der Waals surface area (Å²) >= 11 is 0. The highest BCUT2D eigenvalue weighted by Crippen LogP contribution is 2.14. The molecule has 0 aliphatic rings. The van der Waals surface area contributed by atoms with Crippen LogP contribution in [0, 0.1) is 6.92 Å². The normalized spacial score (nSPS) is 11.6. The Morgan fingerprint density at radius 2 is 1.89 bits per heavy atom. The lowest BCUT2D eigenvalue weighted by Gasteiger charge is -2.09. The first-order valence-electron chi connectivity index (χ1n) is 6.02. The molecule has 0 bridgehead atoms. The summed E-state index contributed by atoms with van der Waals surface area (Å²) in [6.45, 7) is 2.20. The predicted molar refractivity (Wildman–Crippen MR) is 66.4 cm³/mol. The number of hydrogen-bond acceptors (Lipinski definition) is 3. The maximum absolute atomic E-state index is 11.7. The van der Waals surface area contributed by atoms with E-state index in [0.717, 1.165) is 11.3 Å². The van der Waals surface area contributed by atoms with Gasteiger partial charge in [0.1, 0.15) is 19.0 Å². The lowest BCUT2D eigenvalue weighted by atomic mass is 10.2. The van der Waals surface area contributed by atoms with Gasteiger partial charge in [-0.15, -0.1) is 0 Å². The van der Waals surface area contributed by atoms with E-state index in [1.165, 1.54) is 0 Å². The average molecular weight is 277 g/mol. The lowest BCUT2D eigenvalue weighted by Crippen LogP contribution is -2.27. The molecule has 0 amide bonds. The van der Waals surface area contributed by atoms with E-state index in [4.69, 9.17) is 4.74 Å². The Balaban J connectivity index is 1.97. The van der Waals surface area contributed by atoms with E-state index in [2.05, 4.69) is 10.1 Å². The second-order valence-corrected chi connectivity index (χ2v) is 4.08. The van der Waals surface area contributed by atoms with Crippen molar-refractivity contribution in [2.45, 2.75) is 13.1 Å². The van der Waals surface area contributed by atoms with Crippen molar-refractivity contribution in [3.8, 4) is 5.75 Å². The number of alkyl halides is 3. The third kappa shape index (κ3) is 8.45. The Labute approximate surface area is 110 Å². The van der Waals surface area contributed by atoms with Crippen LogP contribution in [0.1, 0.15) is 5.56 Å². The van der Waals surface area contributed by atoms with Crippen molar-refractivity contribution >= 4 is 0 Å². The van der Waals surface area contributed by atoms with Crippen molar-refractivity contribution in [3.05, 3.63) is 29.8 Å². The quantitative estimate of drug-likeness (QED) is 0.741. The molecule has 1 N–H and O–H groups in total. The van der Waals surface area contributed by atoms with Crippen LogP contribution in [0.3, 0.4) is 0 Å². The summed E-state index contributed by atoms with van der Waals surface area (Å²) < 4.78 is 45.1. The summed E-state index contributed by atoms with van der Waals surface area (Å²) in [7, 11) is 0. The highest BCUT2D eigenvalue weighted by atomic mass is 19.4.